The molecule has 6 heteroatoms. The van der Waals surface area contributed by atoms with Crippen LogP contribution in [0.3, 0.4) is 0 Å². The van der Waals surface area contributed by atoms with E-state index in [1.807, 2.05) is 36.4 Å². The second-order valence-electron chi connectivity index (χ2n) is 5.86. The van der Waals surface area contributed by atoms with E-state index in [4.69, 9.17) is 0 Å². The van der Waals surface area contributed by atoms with Crippen LogP contribution in [0.2, 0.25) is 0 Å². The quantitative estimate of drug-likeness (QED) is 0.876. The predicted octanol–water partition coefficient (Wildman–Crippen LogP) is 2.80. The summed E-state index contributed by atoms with van der Waals surface area (Å²) in [5, 5.41) is 0. The van der Waals surface area contributed by atoms with E-state index in [2.05, 4.69) is 4.72 Å². The Kier molecular flexibility index (Phi) is 4.85. The highest BCUT2D eigenvalue weighted by molar-refractivity contribution is 7.92. The van der Waals surface area contributed by atoms with E-state index < -0.39 is 10.0 Å². The Morgan fingerprint density at radius 3 is 2.54 bits per heavy atom. The molecule has 0 saturated carbocycles. The molecule has 0 aromatic heterocycles. The van der Waals surface area contributed by atoms with Crippen molar-refractivity contribution in [2.45, 2.75) is 19.3 Å². The lowest BCUT2D eigenvalue weighted by Gasteiger charge is -2.17. The van der Waals surface area contributed by atoms with Gasteiger partial charge in [0.2, 0.25) is 15.9 Å². The van der Waals surface area contributed by atoms with Crippen LogP contribution >= 0.6 is 0 Å². The second-order valence-corrected chi connectivity index (χ2v) is 7.70. The van der Waals surface area contributed by atoms with Gasteiger partial charge in [0.05, 0.1) is 11.4 Å². The number of amides is 1. The SMILES string of the molecule is O=C1CCCN1c1cccc(NS(=O)(=O)CCc2ccccc2)c1. The molecular weight excluding hydrogens is 324 g/mol. The molecule has 0 bridgehead atoms. The van der Waals surface area contributed by atoms with Crippen LogP contribution in [0, 0.1) is 0 Å². The number of aryl methyl sites for hydroxylation is 1. The Bertz CT molecular complexity index is 819. The van der Waals surface area contributed by atoms with Crippen LogP contribution in [-0.2, 0) is 21.2 Å². The molecule has 0 spiro atoms. The Morgan fingerprint density at radius 2 is 1.83 bits per heavy atom. The molecule has 1 aliphatic heterocycles. The number of benzene rings is 2. The van der Waals surface area contributed by atoms with Gasteiger partial charge in [0.15, 0.2) is 0 Å². The summed E-state index contributed by atoms with van der Waals surface area (Å²) in [5.41, 5.74) is 2.21. The number of carbonyl (C=O) groups excluding carboxylic acids is 1. The van der Waals surface area contributed by atoms with Crippen molar-refractivity contribution in [3.8, 4) is 0 Å². The molecule has 0 aliphatic carbocycles. The van der Waals surface area contributed by atoms with Crippen molar-refractivity contribution in [3.63, 3.8) is 0 Å². The topological polar surface area (TPSA) is 66.5 Å². The maximum absolute atomic E-state index is 12.3. The maximum atomic E-state index is 12.3. The van der Waals surface area contributed by atoms with E-state index in [9.17, 15) is 13.2 Å². The number of nitrogens with zero attached hydrogens (tertiary/aromatic N) is 1. The third-order valence-corrected chi connectivity index (χ3v) is 5.30. The van der Waals surface area contributed by atoms with E-state index in [0.717, 1.165) is 17.7 Å². The third-order valence-electron chi connectivity index (χ3n) is 4.01. The van der Waals surface area contributed by atoms with Crippen LogP contribution in [-0.4, -0.2) is 26.6 Å². The third kappa shape index (κ3) is 4.14. The summed E-state index contributed by atoms with van der Waals surface area (Å²) < 4.78 is 27.2. The Labute approximate surface area is 142 Å². The first-order chi connectivity index (χ1) is 11.5. The van der Waals surface area contributed by atoms with Gasteiger partial charge >= 0.3 is 0 Å². The predicted molar refractivity (Wildman–Crippen MR) is 95.6 cm³/mol. The first-order valence-corrected chi connectivity index (χ1v) is 9.64. The molecule has 0 atom stereocenters. The van der Waals surface area contributed by atoms with E-state index in [1.165, 1.54) is 0 Å². The number of nitrogens with one attached hydrogen (secondary N) is 1. The van der Waals surface area contributed by atoms with Gasteiger partial charge in [-0.05, 0) is 36.6 Å². The van der Waals surface area contributed by atoms with Gasteiger partial charge in [-0.1, -0.05) is 36.4 Å². The molecule has 3 rings (SSSR count). The normalized spacial score (nSPS) is 14.8. The number of hydrogen-bond donors (Lipinski definition) is 1. The summed E-state index contributed by atoms with van der Waals surface area (Å²) in [7, 11) is -3.44. The Hall–Kier alpha value is -2.34. The molecule has 2 aromatic rings. The summed E-state index contributed by atoms with van der Waals surface area (Å²) in [5.74, 6) is 0.100. The van der Waals surface area contributed by atoms with Crippen LogP contribution < -0.4 is 9.62 Å². The average Bonchev–Trinajstić information content (AvgIpc) is 3.00. The summed E-state index contributed by atoms with van der Waals surface area (Å²) >= 11 is 0. The lowest BCUT2D eigenvalue weighted by Crippen LogP contribution is -2.24. The molecular formula is C18H20N2O3S. The lowest BCUT2D eigenvalue weighted by atomic mass is 10.2. The number of sulfonamides is 1. The largest absolute Gasteiger partial charge is 0.312 e. The molecule has 24 heavy (non-hydrogen) atoms. The van der Waals surface area contributed by atoms with Gasteiger partial charge in [0.25, 0.3) is 0 Å². The minimum Gasteiger partial charge on any atom is -0.312 e. The van der Waals surface area contributed by atoms with Crippen molar-refractivity contribution >= 4 is 27.3 Å². The molecule has 1 heterocycles. The van der Waals surface area contributed by atoms with Gasteiger partial charge < -0.3 is 4.90 Å². The number of rotatable bonds is 6. The molecule has 5 nitrogen and oxygen atoms in total. The molecule has 1 N–H and O–H groups in total. The zero-order chi connectivity index (χ0) is 17.0. The fourth-order valence-corrected chi connectivity index (χ4v) is 3.88. The zero-order valence-corrected chi connectivity index (χ0v) is 14.1. The summed E-state index contributed by atoms with van der Waals surface area (Å²) in [4.78, 5) is 13.5. The first kappa shape index (κ1) is 16.5. The average molecular weight is 344 g/mol. The smallest absolute Gasteiger partial charge is 0.233 e. The van der Waals surface area contributed by atoms with Crippen LogP contribution in [0.15, 0.2) is 54.6 Å². The van der Waals surface area contributed by atoms with Crippen molar-refractivity contribution in [1.29, 1.82) is 0 Å². The van der Waals surface area contributed by atoms with Crippen LogP contribution in [0.1, 0.15) is 18.4 Å². The van der Waals surface area contributed by atoms with E-state index in [1.54, 1.807) is 23.1 Å². The van der Waals surface area contributed by atoms with Gasteiger partial charge in [-0.2, -0.15) is 0 Å². The van der Waals surface area contributed by atoms with Crippen LogP contribution in [0.25, 0.3) is 0 Å². The number of carbonyl (C=O) groups is 1. The maximum Gasteiger partial charge on any atom is 0.233 e. The van der Waals surface area contributed by atoms with Gasteiger partial charge in [-0.3, -0.25) is 9.52 Å². The molecule has 1 saturated heterocycles. The highest BCUT2D eigenvalue weighted by Gasteiger charge is 2.22. The molecule has 0 radical (unpaired) electrons. The highest BCUT2D eigenvalue weighted by Crippen LogP contribution is 2.24. The van der Waals surface area contributed by atoms with E-state index >= 15 is 0 Å². The standard InChI is InChI=1S/C18H20N2O3S/c21-18-10-5-12-20(18)17-9-4-8-16(14-17)19-24(22,23)13-11-15-6-2-1-3-7-15/h1-4,6-9,14,19H,5,10-13H2. The Balaban J connectivity index is 1.67. The molecule has 0 unspecified atom stereocenters. The van der Waals surface area contributed by atoms with E-state index in [-0.39, 0.29) is 11.7 Å². The van der Waals surface area contributed by atoms with Crippen molar-refractivity contribution < 1.29 is 13.2 Å². The first-order valence-electron chi connectivity index (χ1n) is 7.98. The van der Waals surface area contributed by atoms with Crippen LogP contribution in [0.4, 0.5) is 11.4 Å². The Morgan fingerprint density at radius 1 is 1.04 bits per heavy atom. The van der Waals surface area contributed by atoms with E-state index in [0.29, 0.717) is 25.1 Å². The van der Waals surface area contributed by atoms with Crippen molar-refractivity contribution in [2.75, 3.05) is 21.9 Å². The molecule has 1 aliphatic rings. The van der Waals surface area contributed by atoms with Crippen molar-refractivity contribution in [1.82, 2.24) is 0 Å². The minimum atomic E-state index is -3.44. The molecule has 126 valence electrons. The second kappa shape index (κ2) is 7.05. The molecule has 2 aromatic carbocycles. The number of hydrogen-bond acceptors (Lipinski definition) is 3. The van der Waals surface area contributed by atoms with Crippen molar-refractivity contribution in [3.05, 3.63) is 60.2 Å². The van der Waals surface area contributed by atoms with Gasteiger partial charge in [0.1, 0.15) is 0 Å². The number of anilines is 2. The monoisotopic (exact) mass is 344 g/mol. The van der Waals surface area contributed by atoms with Gasteiger partial charge in [0, 0.05) is 18.7 Å². The fourth-order valence-electron chi connectivity index (χ4n) is 2.79. The molecule has 1 fully saturated rings. The van der Waals surface area contributed by atoms with Crippen LogP contribution in [0.5, 0.6) is 0 Å². The summed E-state index contributed by atoms with van der Waals surface area (Å²) in [6.45, 7) is 0.684. The lowest BCUT2D eigenvalue weighted by molar-refractivity contribution is -0.117. The van der Waals surface area contributed by atoms with Gasteiger partial charge in [-0.15, -0.1) is 0 Å². The summed E-state index contributed by atoms with van der Waals surface area (Å²) in [6.07, 6.45) is 1.85. The minimum absolute atomic E-state index is 0.0177. The van der Waals surface area contributed by atoms with Gasteiger partial charge in [-0.25, -0.2) is 8.42 Å². The van der Waals surface area contributed by atoms with Crippen molar-refractivity contribution in [2.24, 2.45) is 0 Å². The molecule has 1 amide bonds. The fraction of sp³-hybridized carbons (Fsp3) is 0.278. The summed E-state index contributed by atoms with van der Waals surface area (Å²) in [6, 6.07) is 16.5. The highest BCUT2D eigenvalue weighted by atomic mass is 32.2. The zero-order valence-electron chi connectivity index (χ0n) is 13.3.